The van der Waals surface area contributed by atoms with Gasteiger partial charge in [0.2, 0.25) is 0 Å². The first-order valence-corrected chi connectivity index (χ1v) is 7.32. The van der Waals surface area contributed by atoms with Crippen LogP contribution in [0.5, 0.6) is 0 Å². The lowest BCUT2D eigenvalue weighted by Gasteiger charge is -2.29. The summed E-state index contributed by atoms with van der Waals surface area (Å²) in [7, 11) is 0. The molecule has 1 aliphatic rings. The summed E-state index contributed by atoms with van der Waals surface area (Å²) in [5, 5.41) is 3.50. The van der Waals surface area contributed by atoms with Crippen molar-refractivity contribution in [2.24, 2.45) is 11.8 Å². The van der Waals surface area contributed by atoms with E-state index < -0.39 is 0 Å². The van der Waals surface area contributed by atoms with Crippen LogP contribution in [0.2, 0.25) is 0 Å². The Bertz CT molecular complexity index is 378. The minimum absolute atomic E-state index is 0.804. The lowest BCUT2D eigenvalue weighted by atomic mass is 9.80. The fraction of sp³-hybridized carbons (Fsp3) is 0.643. The van der Waals surface area contributed by atoms with E-state index in [1.165, 1.54) is 31.2 Å². The van der Waals surface area contributed by atoms with Gasteiger partial charge in [-0.25, -0.2) is 4.98 Å². The van der Waals surface area contributed by atoms with Crippen molar-refractivity contribution >= 4 is 21.7 Å². The lowest BCUT2D eigenvalue weighted by molar-refractivity contribution is 0.268. The van der Waals surface area contributed by atoms with Gasteiger partial charge in [0.25, 0.3) is 0 Å². The van der Waals surface area contributed by atoms with Crippen LogP contribution in [-0.2, 0) is 0 Å². The zero-order valence-electron chi connectivity index (χ0n) is 10.7. The van der Waals surface area contributed by atoms with Crippen LogP contribution in [0, 0.1) is 18.8 Å². The van der Waals surface area contributed by atoms with Gasteiger partial charge < -0.3 is 5.32 Å². The van der Waals surface area contributed by atoms with E-state index >= 15 is 0 Å². The predicted molar refractivity (Wildman–Crippen MR) is 76.3 cm³/mol. The minimum Gasteiger partial charge on any atom is -0.369 e. The highest BCUT2D eigenvalue weighted by Crippen LogP contribution is 2.30. The van der Waals surface area contributed by atoms with E-state index in [2.05, 4.69) is 40.1 Å². The van der Waals surface area contributed by atoms with Gasteiger partial charge in [0, 0.05) is 12.7 Å². The van der Waals surface area contributed by atoms with Gasteiger partial charge in [0.05, 0.1) is 4.47 Å². The van der Waals surface area contributed by atoms with Crippen LogP contribution >= 0.6 is 15.9 Å². The third kappa shape index (κ3) is 3.21. The maximum atomic E-state index is 4.39. The molecule has 2 atom stereocenters. The molecule has 1 aliphatic carbocycles. The van der Waals surface area contributed by atoms with Crippen molar-refractivity contribution in [3.63, 3.8) is 0 Å². The first-order valence-electron chi connectivity index (χ1n) is 6.53. The third-order valence-corrected chi connectivity index (χ3v) is 4.90. The van der Waals surface area contributed by atoms with Gasteiger partial charge in [0.1, 0.15) is 5.82 Å². The average molecular weight is 297 g/mol. The molecular formula is C14H21BrN2. The lowest BCUT2D eigenvalue weighted by Crippen LogP contribution is -2.24. The molecule has 2 unspecified atom stereocenters. The van der Waals surface area contributed by atoms with E-state index in [0.717, 1.165) is 28.7 Å². The van der Waals surface area contributed by atoms with E-state index in [-0.39, 0.29) is 0 Å². The highest BCUT2D eigenvalue weighted by Gasteiger charge is 2.21. The second-order valence-corrected chi connectivity index (χ2v) is 5.99. The van der Waals surface area contributed by atoms with Crippen LogP contribution in [-0.4, -0.2) is 11.5 Å². The molecule has 0 bridgehead atoms. The fourth-order valence-corrected chi connectivity index (χ4v) is 2.96. The molecule has 0 aliphatic heterocycles. The molecule has 1 heterocycles. The normalized spacial score (nSPS) is 24.6. The van der Waals surface area contributed by atoms with Gasteiger partial charge in [-0.3, -0.25) is 0 Å². The van der Waals surface area contributed by atoms with Crippen molar-refractivity contribution in [3.05, 3.63) is 22.3 Å². The number of halogens is 1. The molecule has 94 valence electrons. The molecule has 2 rings (SSSR count). The average Bonchev–Trinajstić information content (AvgIpc) is 2.33. The van der Waals surface area contributed by atoms with Crippen LogP contribution in [0.15, 0.2) is 16.7 Å². The van der Waals surface area contributed by atoms with Gasteiger partial charge in [-0.05, 0) is 52.7 Å². The van der Waals surface area contributed by atoms with Crippen molar-refractivity contribution in [2.45, 2.75) is 39.5 Å². The molecule has 0 radical (unpaired) electrons. The van der Waals surface area contributed by atoms with Gasteiger partial charge >= 0.3 is 0 Å². The van der Waals surface area contributed by atoms with E-state index in [1.54, 1.807) is 0 Å². The molecule has 3 heteroatoms. The number of nitrogens with zero attached hydrogens (tertiary/aromatic N) is 1. The molecule has 0 aromatic carbocycles. The Labute approximate surface area is 112 Å². The van der Waals surface area contributed by atoms with Crippen LogP contribution in [0.4, 0.5) is 5.82 Å². The maximum absolute atomic E-state index is 4.39. The molecule has 1 saturated carbocycles. The number of hydrogen-bond acceptors (Lipinski definition) is 2. The van der Waals surface area contributed by atoms with Gasteiger partial charge in [-0.2, -0.15) is 0 Å². The van der Waals surface area contributed by atoms with Crippen molar-refractivity contribution in [2.75, 3.05) is 11.9 Å². The minimum atomic E-state index is 0.804. The summed E-state index contributed by atoms with van der Waals surface area (Å²) >= 11 is 3.60. The number of aromatic nitrogens is 1. The van der Waals surface area contributed by atoms with Crippen molar-refractivity contribution < 1.29 is 0 Å². The van der Waals surface area contributed by atoms with Gasteiger partial charge in [-0.15, -0.1) is 0 Å². The maximum Gasteiger partial charge on any atom is 0.140 e. The molecule has 0 saturated heterocycles. The summed E-state index contributed by atoms with van der Waals surface area (Å²) < 4.78 is 1.10. The Morgan fingerprint density at radius 1 is 1.41 bits per heavy atom. The topological polar surface area (TPSA) is 24.9 Å². The summed E-state index contributed by atoms with van der Waals surface area (Å²) in [5.74, 6) is 2.64. The van der Waals surface area contributed by atoms with Crippen molar-refractivity contribution in [1.82, 2.24) is 4.98 Å². The fourth-order valence-electron chi connectivity index (χ4n) is 2.59. The largest absolute Gasteiger partial charge is 0.369 e. The molecule has 0 amide bonds. The molecule has 1 aromatic heterocycles. The summed E-state index contributed by atoms with van der Waals surface area (Å²) in [4.78, 5) is 4.39. The van der Waals surface area contributed by atoms with Crippen molar-refractivity contribution in [1.29, 1.82) is 0 Å². The Morgan fingerprint density at radius 2 is 2.18 bits per heavy atom. The Morgan fingerprint density at radius 3 is 2.94 bits per heavy atom. The smallest absolute Gasteiger partial charge is 0.140 e. The van der Waals surface area contributed by atoms with Gasteiger partial charge in [-0.1, -0.05) is 26.2 Å². The first kappa shape index (κ1) is 12.9. The van der Waals surface area contributed by atoms with Crippen LogP contribution in [0.25, 0.3) is 0 Å². The number of anilines is 1. The predicted octanol–water partition coefficient (Wildman–Crippen LogP) is 4.39. The van der Waals surface area contributed by atoms with E-state index in [9.17, 15) is 0 Å². The second-order valence-electron chi connectivity index (χ2n) is 5.19. The second kappa shape index (κ2) is 5.85. The molecule has 1 fully saturated rings. The standard InChI is InChI=1S/C14H21BrN2/c1-10-5-3-4-6-12(10)9-17-14-13(15)11(2)7-8-16-14/h7-8,10,12H,3-6,9H2,1-2H3,(H,16,17). The number of pyridine rings is 1. The van der Waals surface area contributed by atoms with Gasteiger partial charge in [0.15, 0.2) is 0 Å². The quantitative estimate of drug-likeness (QED) is 0.895. The number of nitrogens with one attached hydrogen (secondary N) is 1. The molecule has 2 nitrogen and oxygen atoms in total. The summed E-state index contributed by atoms with van der Waals surface area (Å²) in [5.41, 5.74) is 1.24. The Kier molecular flexibility index (Phi) is 4.43. The summed E-state index contributed by atoms with van der Waals surface area (Å²) in [6.45, 7) is 5.53. The summed E-state index contributed by atoms with van der Waals surface area (Å²) in [6.07, 6.45) is 7.41. The molecule has 1 N–H and O–H groups in total. The highest BCUT2D eigenvalue weighted by molar-refractivity contribution is 9.10. The number of rotatable bonds is 3. The summed E-state index contributed by atoms with van der Waals surface area (Å²) in [6, 6.07) is 2.03. The van der Waals surface area contributed by atoms with Crippen LogP contribution in [0.1, 0.15) is 38.2 Å². The number of aryl methyl sites for hydroxylation is 1. The molecular weight excluding hydrogens is 276 g/mol. The zero-order chi connectivity index (χ0) is 12.3. The van der Waals surface area contributed by atoms with E-state index in [0.29, 0.717) is 0 Å². The SMILES string of the molecule is Cc1ccnc(NCC2CCCCC2C)c1Br. The monoisotopic (exact) mass is 296 g/mol. The van der Waals surface area contributed by atoms with E-state index in [1.807, 2.05) is 12.3 Å². The van der Waals surface area contributed by atoms with Crippen LogP contribution < -0.4 is 5.32 Å². The Hall–Kier alpha value is -0.570. The highest BCUT2D eigenvalue weighted by atomic mass is 79.9. The first-order chi connectivity index (χ1) is 8.18. The Balaban J connectivity index is 1.95. The molecule has 1 aromatic rings. The van der Waals surface area contributed by atoms with Crippen LogP contribution in [0.3, 0.4) is 0 Å². The zero-order valence-corrected chi connectivity index (χ0v) is 12.3. The van der Waals surface area contributed by atoms with Crippen molar-refractivity contribution in [3.8, 4) is 0 Å². The molecule has 0 spiro atoms. The van der Waals surface area contributed by atoms with E-state index in [4.69, 9.17) is 0 Å². The molecule has 17 heavy (non-hydrogen) atoms. The third-order valence-electron chi connectivity index (χ3n) is 3.90. The number of hydrogen-bond donors (Lipinski definition) is 1.